The zero-order valence-electron chi connectivity index (χ0n) is 8.62. The number of H-pyrrole nitrogens is 1. The molecule has 0 aliphatic carbocycles. The van der Waals surface area contributed by atoms with Crippen molar-refractivity contribution < 1.29 is 4.79 Å². The molecule has 1 saturated heterocycles. The summed E-state index contributed by atoms with van der Waals surface area (Å²) in [6.07, 6.45) is 4.72. The van der Waals surface area contributed by atoms with E-state index in [-0.39, 0.29) is 0 Å². The number of carbonyl (C=O) groups is 1. The molecule has 4 nitrogen and oxygen atoms in total. The summed E-state index contributed by atoms with van der Waals surface area (Å²) in [5, 5.41) is 3.36. The monoisotopic (exact) mass is 205 g/mol. The first-order valence-electron chi connectivity index (χ1n) is 5.57. The molecule has 1 aromatic rings. The second-order valence-electron chi connectivity index (χ2n) is 4.33. The molecular weight excluding hydrogens is 190 g/mol. The van der Waals surface area contributed by atoms with Crippen LogP contribution in [0.1, 0.15) is 29.8 Å². The van der Waals surface area contributed by atoms with Gasteiger partial charge < -0.3 is 15.2 Å². The quantitative estimate of drug-likeness (QED) is 0.685. The van der Waals surface area contributed by atoms with Crippen LogP contribution in [0.3, 0.4) is 0 Å². The Bertz CT molecular complexity index is 385. The molecule has 2 N–H and O–H groups in total. The Labute approximate surface area is 88.7 Å². The molecule has 1 atom stereocenters. The first-order valence-corrected chi connectivity index (χ1v) is 5.57. The highest BCUT2D eigenvalue weighted by Crippen LogP contribution is 2.35. The SMILES string of the molecule is O=Cc1cc2c([nH]1)NCC1CCCCN21. The van der Waals surface area contributed by atoms with Crippen molar-refractivity contribution in [2.45, 2.75) is 25.3 Å². The van der Waals surface area contributed by atoms with Gasteiger partial charge in [0.15, 0.2) is 6.29 Å². The molecule has 0 spiro atoms. The van der Waals surface area contributed by atoms with Crippen molar-refractivity contribution in [2.75, 3.05) is 23.3 Å². The van der Waals surface area contributed by atoms with Gasteiger partial charge in [0.25, 0.3) is 0 Å². The fourth-order valence-corrected chi connectivity index (χ4v) is 2.64. The molecule has 1 fully saturated rings. The Hall–Kier alpha value is -1.45. The molecule has 2 aliphatic rings. The highest BCUT2D eigenvalue weighted by molar-refractivity contribution is 5.82. The van der Waals surface area contributed by atoms with Crippen molar-refractivity contribution in [1.82, 2.24) is 4.98 Å². The van der Waals surface area contributed by atoms with Crippen LogP contribution in [0.15, 0.2) is 6.07 Å². The Kier molecular flexibility index (Phi) is 1.94. The molecular formula is C11H15N3O. The van der Waals surface area contributed by atoms with Gasteiger partial charge in [0, 0.05) is 19.1 Å². The second kappa shape index (κ2) is 3.29. The number of piperidine rings is 1. The van der Waals surface area contributed by atoms with Crippen LogP contribution in [0.4, 0.5) is 11.5 Å². The van der Waals surface area contributed by atoms with E-state index >= 15 is 0 Å². The first-order chi connectivity index (χ1) is 7.38. The standard InChI is InChI=1S/C11H15N3O/c15-7-8-5-10-11(13-8)12-6-9-3-1-2-4-14(9)10/h5,7,9,12-13H,1-4,6H2. The fraction of sp³-hybridized carbons (Fsp3) is 0.545. The van der Waals surface area contributed by atoms with E-state index in [9.17, 15) is 4.79 Å². The topological polar surface area (TPSA) is 48.1 Å². The normalized spacial score (nSPS) is 24.0. The third-order valence-corrected chi connectivity index (χ3v) is 3.40. The number of hydrogen-bond donors (Lipinski definition) is 2. The van der Waals surface area contributed by atoms with Gasteiger partial charge in [0.05, 0.1) is 11.4 Å². The largest absolute Gasteiger partial charge is 0.368 e. The Morgan fingerprint density at radius 3 is 3.27 bits per heavy atom. The molecule has 2 aliphatic heterocycles. The summed E-state index contributed by atoms with van der Waals surface area (Å²) in [5.41, 5.74) is 1.84. The molecule has 1 aromatic heterocycles. The number of aldehydes is 1. The van der Waals surface area contributed by atoms with Crippen molar-refractivity contribution in [3.8, 4) is 0 Å². The summed E-state index contributed by atoms with van der Waals surface area (Å²) in [6.45, 7) is 2.11. The summed E-state index contributed by atoms with van der Waals surface area (Å²) in [4.78, 5) is 16.2. The lowest BCUT2D eigenvalue weighted by Crippen LogP contribution is -2.46. The number of aromatic nitrogens is 1. The van der Waals surface area contributed by atoms with E-state index in [1.54, 1.807) is 0 Å². The minimum atomic E-state index is 0.613. The molecule has 1 unspecified atom stereocenters. The maximum Gasteiger partial charge on any atom is 0.166 e. The van der Waals surface area contributed by atoms with Gasteiger partial charge in [0.1, 0.15) is 5.82 Å². The summed E-state index contributed by atoms with van der Waals surface area (Å²) >= 11 is 0. The third kappa shape index (κ3) is 1.32. The lowest BCUT2D eigenvalue weighted by Gasteiger charge is -2.41. The number of hydrogen-bond acceptors (Lipinski definition) is 3. The molecule has 80 valence electrons. The summed E-state index contributed by atoms with van der Waals surface area (Å²) in [6, 6.07) is 2.56. The van der Waals surface area contributed by atoms with Gasteiger partial charge in [-0.25, -0.2) is 0 Å². The Morgan fingerprint density at radius 2 is 2.40 bits per heavy atom. The van der Waals surface area contributed by atoms with Gasteiger partial charge in [-0.1, -0.05) is 0 Å². The van der Waals surface area contributed by atoms with Gasteiger partial charge in [-0.2, -0.15) is 0 Å². The number of aromatic amines is 1. The lowest BCUT2D eigenvalue weighted by atomic mass is 10.00. The van der Waals surface area contributed by atoms with E-state index < -0.39 is 0 Å². The second-order valence-corrected chi connectivity index (χ2v) is 4.33. The van der Waals surface area contributed by atoms with E-state index in [2.05, 4.69) is 15.2 Å². The van der Waals surface area contributed by atoms with Gasteiger partial charge >= 0.3 is 0 Å². The average Bonchev–Trinajstić information content (AvgIpc) is 2.72. The molecule has 15 heavy (non-hydrogen) atoms. The van der Waals surface area contributed by atoms with Crippen LogP contribution in [0.5, 0.6) is 0 Å². The molecule has 4 heteroatoms. The zero-order chi connectivity index (χ0) is 10.3. The smallest absolute Gasteiger partial charge is 0.166 e. The van der Waals surface area contributed by atoms with Crippen LogP contribution in [-0.4, -0.2) is 30.4 Å². The summed E-state index contributed by atoms with van der Waals surface area (Å²) in [7, 11) is 0. The summed E-state index contributed by atoms with van der Waals surface area (Å²) in [5.74, 6) is 1.01. The molecule has 3 heterocycles. The van der Waals surface area contributed by atoms with Crippen molar-refractivity contribution >= 4 is 17.8 Å². The minimum Gasteiger partial charge on any atom is -0.368 e. The molecule has 0 radical (unpaired) electrons. The maximum atomic E-state index is 10.7. The number of nitrogens with one attached hydrogen (secondary N) is 2. The molecule has 0 amide bonds. The number of anilines is 2. The van der Waals surface area contributed by atoms with Crippen LogP contribution in [0, 0.1) is 0 Å². The molecule has 3 rings (SSSR count). The fourth-order valence-electron chi connectivity index (χ4n) is 2.64. The van der Waals surface area contributed by atoms with E-state index in [4.69, 9.17) is 0 Å². The van der Waals surface area contributed by atoms with Crippen molar-refractivity contribution in [3.63, 3.8) is 0 Å². The first kappa shape index (κ1) is 8.83. The van der Waals surface area contributed by atoms with Crippen molar-refractivity contribution in [3.05, 3.63) is 11.8 Å². The van der Waals surface area contributed by atoms with Crippen LogP contribution in [0.2, 0.25) is 0 Å². The van der Waals surface area contributed by atoms with Crippen molar-refractivity contribution in [2.24, 2.45) is 0 Å². The Morgan fingerprint density at radius 1 is 1.47 bits per heavy atom. The van der Waals surface area contributed by atoms with Gasteiger partial charge in [0.2, 0.25) is 0 Å². The molecule has 0 bridgehead atoms. The van der Waals surface area contributed by atoms with E-state index in [1.165, 1.54) is 24.9 Å². The van der Waals surface area contributed by atoms with Crippen LogP contribution in [0.25, 0.3) is 0 Å². The predicted octanol–water partition coefficient (Wildman–Crippen LogP) is 1.61. The Balaban J connectivity index is 1.98. The van der Waals surface area contributed by atoms with Gasteiger partial charge in [-0.15, -0.1) is 0 Å². The average molecular weight is 205 g/mol. The minimum absolute atomic E-state index is 0.613. The zero-order valence-corrected chi connectivity index (χ0v) is 8.62. The third-order valence-electron chi connectivity index (χ3n) is 3.40. The van der Waals surface area contributed by atoms with E-state index in [0.29, 0.717) is 11.7 Å². The number of carbonyl (C=O) groups excluding carboxylic acids is 1. The number of nitrogens with zero attached hydrogens (tertiary/aromatic N) is 1. The lowest BCUT2D eigenvalue weighted by molar-refractivity contribution is 0.111. The maximum absolute atomic E-state index is 10.7. The van der Waals surface area contributed by atoms with Crippen LogP contribution < -0.4 is 10.2 Å². The predicted molar refractivity (Wildman–Crippen MR) is 59.7 cm³/mol. The van der Waals surface area contributed by atoms with E-state index in [0.717, 1.165) is 25.2 Å². The summed E-state index contributed by atoms with van der Waals surface area (Å²) < 4.78 is 0. The van der Waals surface area contributed by atoms with E-state index in [1.807, 2.05) is 6.07 Å². The molecule has 0 aromatic carbocycles. The highest BCUT2D eigenvalue weighted by Gasteiger charge is 2.29. The van der Waals surface area contributed by atoms with Crippen LogP contribution in [-0.2, 0) is 0 Å². The van der Waals surface area contributed by atoms with Gasteiger partial charge in [-0.05, 0) is 25.3 Å². The van der Waals surface area contributed by atoms with Gasteiger partial charge in [-0.3, -0.25) is 4.79 Å². The number of rotatable bonds is 1. The highest BCUT2D eigenvalue weighted by atomic mass is 16.1. The number of fused-ring (bicyclic) bond motifs is 3. The van der Waals surface area contributed by atoms with Crippen LogP contribution >= 0.6 is 0 Å². The molecule has 0 saturated carbocycles. The van der Waals surface area contributed by atoms with Crippen molar-refractivity contribution in [1.29, 1.82) is 0 Å².